The number of benzene rings is 2. The number of fused-ring (bicyclic) bond motifs is 1. The molecule has 110 valence electrons. The van der Waals surface area contributed by atoms with Crippen molar-refractivity contribution < 1.29 is 32.6 Å². The van der Waals surface area contributed by atoms with E-state index in [9.17, 15) is 22.7 Å². The fourth-order valence-corrected chi connectivity index (χ4v) is 1.44. The molecule has 0 aromatic heterocycles. The monoisotopic (exact) mass is 300 g/mol. The van der Waals surface area contributed by atoms with Gasteiger partial charge in [-0.2, -0.15) is 13.2 Å². The first-order chi connectivity index (χ1) is 9.66. The minimum Gasteiger partial charge on any atom is -0.507 e. The number of phenolic OH excluding ortho intramolecular Hbond substituents is 1. The SMILES string of the molecule is C#Cc1c(O)ccc2cc(F)ccc12.O=C(O)C(F)(F)F. The molecule has 2 rings (SSSR count). The summed E-state index contributed by atoms with van der Waals surface area (Å²) in [6, 6.07) is 7.38. The molecule has 0 unspecified atom stereocenters. The number of aliphatic carboxylic acids is 1. The highest BCUT2D eigenvalue weighted by Crippen LogP contribution is 2.26. The fourth-order valence-electron chi connectivity index (χ4n) is 1.44. The Morgan fingerprint density at radius 3 is 2.24 bits per heavy atom. The maximum Gasteiger partial charge on any atom is 0.490 e. The van der Waals surface area contributed by atoms with Crippen LogP contribution in [-0.2, 0) is 4.79 Å². The van der Waals surface area contributed by atoms with Gasteiger partial charge in [-0.3, -0.25) is 0 Å². The zero-order chi connectivity index (χ0) is 16.2. The third-order valence-corrected chi connectivity index (χ3v) is 2.35. The van der Waals surface area contributed by atoms with Gasteiger partial charge in [-0.05, 0) is 23.6 Å². The second-order valence-electron chi connectivity index (χ2n) is 3.77. The zero-order valence-electron chi connectivity index (χ0n) is 10.3. The summed E-state index contributed by atoms with van der Waals surface area (Å²) < 4.78 is 44.6. The third kappa shape index (κ3) is 4.11. The van der Waals surface area contributed by atoms with Crippen LogP contribution < -0.4 is 0 Å². The van der Waals surface area contributed by atoms with Crippen molar-refractivity contribution >= 4 is 16.7 Å². The molecular formula is C14H8F4O3. The van der Waals surface area contributed by atoms with Crippen molar-refractivity contribution in [1.29, 1.82) is 0 Å². The van der Waals surface area contributed by atoms with E-state index in [4.69, 9.17) is 16.3 Å². The largest absolute Gasteiger partial charge is 0.507 e. The van der Waals surface area contributed by atoms with Crippen LogP contribution in [0.4, 0.5) is 17.6 Å². The molecule has 0 fully saturated rings. The molecule has 21 heavy (non-hydrogen) atoms. The Kier molecular flexibility index (Phi) is 4.76. The molecule has 2 N–H and O–H groups in total. The molecule has 0 radical (unpaired) electrons. The Balaban J connectivity index is 0.000000270. The van der Waals surface area contributed by atoms with Crippen LogP contribution in [0.1, 0.15) is 5.56 Å². The topological polar surface area (TPSA) is 57.5 Å². The lowest BCUT2D eigenvalue weighted by Gasteiger charge is -2.03. The molecule has 2 aromatic carbocycles. The Morgan fingerprint density at radius 1 is 1.19 bits per heavy atom. The molecule has 0 aliphatic carbocycles. The van der Waals surface area contributed by atoms with Gasteiger partial charge in [0.2, 0.25) is 0 Å². The van der Waals surface area contributed by atoms with Crippen LogP contribution in [0, 0.1) is 18.2 Å². The number of hydrogen-bond acceptors (Lipinski definition) is 2. The standard InChI is InChI=1S/C12H7FO.C2HF3O2/c1-2-10-11-5-4-9(13)7-8(11)3-6-12(10)14;3-2(4,5)1(6)7/h1,3-7,14H;(H,6,7). The molecule has 0 bridgehead atoms. The van der Waals surface area contributed by atoms with E-state index in [2.05, 4.69) is 5.92 Å². The second kappa shape index (κ2) is 6.13. The minimum atomic E-state index is -5.08. The number of rotatable bonds is 0. The lowest BCUT2D eigenvalue weighted by molar-refractivity contribution is -0.192. The van der Waals surface area contributed by atoms with Gasteiger partial charge in [-0.25, -0.2) is 9.18 Å². The number of phenols is 1. The number of hydrogen-bond donors (Lipinski definition) is 2. The molecular weight excluding hydrogens is 292 g/mol. The zero-order valence-corrected chi connectivity index (χ0v) is 10.3. The number of carbonyl (C=O) groups is 1. The Morgan fingerprint density at radius 2 is 1.76 bits per heavy atom. The lowest BCUT2D eigenvalue weighted by atomic mass is 10.0. The van der Waals surface area contributed by atoms with Gasteiger partial charge in [-0.15, -0.1) is 6.42 Å². The van der Waals surface area contributed by atoms with Crippen LogP contribution in [0.5, 0.6) is 5.75 Å². The van der Waals surface area contributed by atoms with E-state index in [0.29, 0.717) is 16.3 Å². The fraction of sp³-hybridized carbons (Fsp3) is 0.0714. The molecule has 0 atom stereocenters. The summed E-state index contributed by atoms with van der Waals surface area (Å²) in [6.07, 6.45) is 0.168. The van der Waals surface area contributed by atoms with E-state index in [1.54, 1.807) is 12.1 Å². The molecule has 2 aromatic rings. The molecule has 0 aliphatic rings. The Labute approximate surface area is 116 Å². The number of aromatic hydroxyl groups is 1. The normalized spacial score (nSPS) is 10.4. The quantitative estimate of drug-likeness (QED) is 0.580. The van der Waals surface area contributed by atoms with Gasteiger partial charge >= 0.3 is 12.1 Å². The summed E-state index contributed by atoms with van der Waals surface area (Å²) in [6.45, 7) is 0. The molecule has 3 nitrogen and oxygen atoms in total. The van der Waals surface area contributed by atoms with Crippen molar-refractivity contribution in [3.05, 3.63) is 41.7 Å². The highest BCUT2D eigenvalue weighted by Gasteiger charge is 2.38. The smallest absolute Gasteiger partial charge is 0.490 e. The number of carboxylic acids is 1. The molecule has 0 amide bonds. The lowest BCUT2D eigenvalue weighted by Crippen LogP contribution is -2.21. The molecule has 0 aliphatic heterocycles. The van der Waals surface area contributed by atoms with Crippen molar-refractivity contribution in [2.75, 3.05) is 0 Å². The van der Waals surface area contributed by atoms with E-state index in [-0.39, 0.29) is 11.6 Å². The highest BCUT2D eigenvalue weighted by atomic mass is 19.4. The number of halogens is 4. The maximum absolute atomic E-state index is 12.9. The van der Waals surface area contributed by atoms with E-state index >= 15 is 0 Å². The van der Waals surface area contributed by atoms with Gasteiger partial charge in [0, 0.05) is 5.39 Å². The average Bonchev–Trinajstić information content (AvgIpc) is 2.38. The van der Waals surface area contributed by atoms with Crippen LogP contribution >= 0.6 is 0 Å². The summed E-state index contributed by atoms with van der Waals surface area (Å²) in [5.41, 5.74) is 0.405. The van der Waals surface area contributed by atoms with E-state index in [0.717, 1.165) is 0 Å². The summed E-state index contributed by atoms with van der Waals surface area (Å²) in [5.74, 6) is -0.638. The summed E-state index contributed by atoms with van der Waals surface area (Å²) in [5, 5.41) is 17.9. The highest BCUT2D eigenvalue weighted by molar-refractivity contribution is 5.90. The van der Waals surface area contributed by atoms with Crippen LogP contribution in [0.3, 0.4) is 0 Å². The Bertz CT molecular complexity index is 714. The van der Waals surface area contributed by atoms with Gasteiger partial charge in [0.25, 0.3) is 0 Å². The van der Waals surface area contributed by atoms with Crippen molar-refractivity contribution in [2.45, 2.75) is 6.18 Å². The van der Waals surface area contributed by atoms with Crippen molar-refractivity contribution in [3.8, 4) is 18.1 Å². The van der Waals surface area contributed by atoms with Crippen LogP contribution in [-0.4, -0.2) is 22.4 Å². The predicted molar refractivity (Wildman–Crippen MR) is 67.2 cm³/mol. The summed E-state index contributed by atoms with van der Waals surface area (Å²) in [7, 11) is 0. The predicted octanol–water partition coefficient (Wildman–Crippen LogP) is 3.30. The average molecular weight is 300 g/mol. The number of carboxylic acid groups (broad SMARTS) is 1. The first-order valence-electron chi connectivity index (χ1n) is 5.34. The molecule has 0 heterocycles. The molecule has 0 saturated carbocycles. The van der Waals surface area contributed by atoms with E-state index in [1.165, 1.54) is 18.2 Å². The summed E-state index contributed by atoms with van der Waals surface area (Å²) in [4.78, 5) is 8.90. The van der Waals surface area contributed by atoms with Gasteiger partial charge in [0.15, 0.2) is 0 Å². The van der Waals surface area contributed by atoms with Crippen molar-refractivity contribution in [2.24, 2.45) is 0 Å². The summed E-state index contributed by atoms with van der Waals surface area (Å²) >= 11 is 0. The molecule has 0 spiro atoms. The Hall–Kier alpha value is -2.75. The first-order valence-corrected chi connectivity index (χ1v) is 5.34. The second-order valence-corrected chi connectivity index (χ2v) is 3.77. The number of alkyl halides is 3. The van der Waals surface area contributed by atoms with Crippen molar-refractivity contribution in [1.82, 2.24) is 0 Å². The van der Waals surface area contributed by atoms with Crippen molar-refractivity contribution in [3.63, 3.8) is 0 Å². The van der Waals surface area contributed by atoms with E-state index < -0.39 is 12.1 Å². The van der Waals surface area contributed by atoms with E-state index in [1.807, 2.05) is 0 Å². The minimum absolute atomic E-state index is 0.0478. The molecule has 0 saturated heterocycles. The van der Waals surface area contributed by atoms with Gasteiger partial charge in [0.1, 0.15) is 11.6 Å². The van der Waals surface area contributed by atoms with Crippen LogP contribution in [0.15, 0.2) is 30.3 Å². The first kappa shape index (κ1) is 16.3. The van der Waals surface area contributed by atoms with Gasteiger partial charge in [-0.1, -0.05) is 18.1 Å². The molecule has 7 heteroatoms. The number of terminal acetylenes is 1. The maximum atomic E-state index is 12.9. The van der Waals surface area contributed by atoms with Crippen LogP contribution in [0.25, 0.3) is 10.8 Å². The van der Waals surface area contributed by atoms with Crippen LogP contribution in [0.2, 0.25) is 0 Å². The van der Waals surface area contributed by atoms with Gasteiger partial charge < -0.3 is 10.2 Å². The third-order valence-electron chi connectivity index (χ3n) is 2.35. The van der Waals surface area contributed by atoms with Gasteiger partial charge in [0.05, 0.1) is 5.56 Å².